The molecule has 7 heteroatoms. The Labute approximate surface area is 180 Å². The summed E-state index contributed by atoms with van der Waals surface area (Å²) in [6.45, 7) is 6.96. The van der Waals surface area contributed by atoms with Crippen LogP contribution in [0.15, 0.2) is 35.3 Å². The lowest BCUT2D eigenvalue weighted by Crippen LogP contribution is -2.52. The first kappa shape index (κ1) is 22.6. The number of ether oxygens (including phenoxy) is 1. The third-order valence-electron chi connectivity index (χ3n) is 6.04. The van der Waals surface area contributed by atoms with Crippen molar-refractivity contribution in [3.8, 4) is 0 Å². The van der Waals surface area contributed by atoms with E-state index in [0.717, 1.165) is 58.1 Å². The molecule has 166 valence electrons. The maximum Gasteiger partial charge on any atom is 0.243 e. The quantitative estimate of drug-likeness (QED) is 0.524. The van der Waals surface area contributed by atoms with Gasteiger partial charge in [0.2, 0.25) is 5.91 Å². The van der Waals surface area contributed by atoms with Gasteiger partial charge in [0.25, 0.3) is 0 Å². The summed E-state index contributed by atoms with van der Waals surface area (Å²) in [5.74, 6) is 1.25. The van der Waals surface area contributed by atoms with Crippen molar-refractivity contribution in [2.45, 2.75) is 44.8 Å². The highest BCUT2D eigenvalue weighted by atomic mass is 16.5. The molecule has 3 rings (SSSR count). The van der Waals surface area contributed by atoms with Gasteiger partial charge in [0.1, 0.15) is 6.54 Å². The van der Waals surface area contributed by atoms with Gasteiger partial charge in [-0.25, -0.2) is 4.99 Å². The number of benzene rings is 1. The molecule has 2 saturated heterocycles. The standard InChI is InChI=1S/C23H37N5O2/c1-18-13-21(9-11-28(18)16-19-7-5-4-6-8-19)26-23(25-15-22(29)27(2)3)24-14-20-10-12-30-17-20/h4-8,18,20-21H,9-17H2,1-3H3,(H2,24,25,26). The van der Waals surface area contributed by atoms with Crippen molar-refractivity contribution in [2.75, 3.05) is 46.9 Å². The molecular weight excluding hydrogens is 378 g/mol. The molecule has 0 radical (unpaired) electrons. The molecule has 2 aliphatic heterocycles. The average molecular weight is 416 g/mol. The maximum atomic E-state index is 12.0. The Morgan fingerprint density at radius 3 is 2.73 bits per heavy atom. The molecule has 2 heterocycles. The van der Waals surface area contributed by atoms with Crippen LogP contribution in [0.25, 0.3) is 0 Å². The molecule has 0 saturated carbocycles. The van der Waals surface area contributed by atoms with E-state index in [0.29, 0.717) is 18.0 Å². The van der Waals surface area contributed by atoms with E-state index in [2.05, 4.69) is 57.8 Å². The fraction of sp³-hybridized carbons (Fsp3) is 0.652. The van der Waals surface area contributed by atoms with Gasteiger partial charge < -0.3 is 20.3 Å². The molecule has 7 nitrogen and oxygen atoms in total. The fourth-order valence-corrected chi connectivity index (χ4v) is 4.02. The van der Waals surface area contributed by atoms with Gasteiger partial charge in [0.05, 0.1) is 6.61 Å². The Balaban J connectivity index is 1.53. The van der Waals surface area contributed by atoms with Crippen molar-refractivity contribution in [2.24, 2.45) is 10.9 Å². The zero-order valence-corrected chi connectivity index (χ0v) is 18.6. The Kier molecular flexibility index (Phi) is 8.51. The van der Waals surface area contributed by atoms with Crippen molar-refractivity contribution in [3.05, 3.63) is 35.9 Å². The van der Waals surface area contributed by atoms with Crippen LogP contribution in [-0.2, 0) is 16.1 Å². The lowest BCUT2D eigenvalue weighted by molar-refractivity contribution is -0.127. The van der Waals surface area contributed by atoms with Gasteiger partial charge in [-0.2, -0.15) is 0 Å². The van der Waals surface area contributed by atoms with Crippen LogP contribution in [-0.4, -0.2) is 80.7 Å². The summed E-state index contributed by atoms with van der Waals surface area (Å²) < 4.78 is 5.48. The van der Waals surface area contributed by atoms with E-state index in [1.165, 1.54) is 5.56 Å². The predicted molar refractivity (Wildman–Crippen MR) is 120 cm³/mol. The van der Waals surface area contributed by atoms with Crippen molar-refractivity contribution < 1.29 is 9.53 Å². The summed E-state index contributed by atoms with van der Waals surface area (Å²) >= 11 is 0. The third kappa shape index (κ3) is 6.99. The van der Waals surface area contributed by atoms with Gasteiger partial charge in [0, 0.05) is 58.3 Å². The molecule has 30 heavy (non-hydrogen) atoms. The molecule has 1 aromatic carbocycles. The average Bonchev–Trinajstić information content (AvgIpc) is 3.26. The van der Waals surface area contributed by atoms with Crippen LogP contribution in [0.4, 0.5) is 0 Å². The zero-order valence-electron chi connectivity index (χ0n) is 18.6. The number of hydrogen-bond acceptors (Lipinski definition) is 4. The minimum atomic E-state index is 0.00588. The predicted octanol–water partition coefficient (Wildman–Crippen LogP) is 1.70. The van der Waals surface area contributed by atoms with Gasteiger partial charge in [-0.05, 0) is 31.7 Å². The lowest BCUT2D eigenvalue weighted by Gasteiger charge is -2.38. The van der Waals surface area contributed by atoms with E-state index in [1.54, 1.807) is 19.0 Å². The highest BCUT2D eigenvalue weighted by Crippen LogP contribution is 2.20. The van der Waals surface area contributed by atoms with Gasteiger partial charge in [0.15, 0.2) is 5.96 Å². The number of nitrogens with one attached hydrogen (secondary N) is 2. The number of hydrogen-bond donors (Lipinski definition) is 2. The van der Waals surface area contributed by atoms with Crippen LogP contribution < -0.4 is 10.6 Å². The highest BCUT2D eigenvalue weighted by Gasteiger charge is 2.26. The van der Waals surface area contributed by atoms with Crippen LogP contribution in [0.5, 0.6) is 0 Å². The summed E-state index contributed by atoms with van der Waals surface area (Å²) in [4.78, 5) is 20.7. The summed E-state index contributed by atoms with van der Waals surface area (Å²) in [6.07, 6.45) is 3.19. The number of aliphatic imine (C=N–C) groups is 1. The number of guanidine groups is 1. The molecule has 0 spiro atoms. The van der Waals surface area contributed by atoms with Crippen LogP contribution in [0.3, 0.4) is 0 Å². The molecular formula is C23H37N5O2. The maximum absolute atomic E-state index is 12.0. The topological polar surface area (TPSA) is 69.2 Å². The normalized spacial score (nSPS) is 25.2. The van der Waals surface area contributed by atoms with Crippen LogP contribution >= 0.6 is 0 Å². The SMILES string of the molecule is CC1CC(NC(=NCC(=O)N(C)C)NCC2CCOC2)CCN1Cc1ccccc1. The number of amides is 1. The second-order valence-electron chi connectivity index (χ2n) is 8.73. The number of likely N-dealkylation sites (tertiary alicyclic amines) is 1. The van der Waals surface area contributed by atoms with Crippen molar-refractivity contribution in [3.63, 3.8) is 0 Å². The molecule has 3 atom stereocenters. The number of carbonyl (C=O) groups is 1. The number of likely N-dealkylation sites (N-methyl/N-ethyl adjacent to an activating group) is 1. The van der Waals surface area contributed by atoms with Crippen LogP contribution in [0, 0.1) is 5.92 Å². The molecule has 0 aromatic heterocycles. The number of rotatable bonds is 7. The fourth-order valence-electron chi connectivity index (χ4n) is 4.02. The van der Waals surface area contributed by atoms with Crippen molar-refractivity contribution in [1.82, 2.24) is 20.4 Å². The largest absolute Gasteiger partial charge is 0.381 e. The number of nitrogens with zero attached hydrogens (tertiary/aromatic N) is 3. The van der Waals surface area contributed by atoms with Crippen molar-refractivity contribution >= 4 is 11.9 Å². The minimum absolute atomic E-state index is 0.00588. The molecule has 0 bridgehead atoms. The second-order valence-corrected chi connectivity index (χ2v) is 8.73. The van der Waals surface area contributed by atoms with E-state index < -0.39 is 0 Å². The van der Waals surface area contributed by atoms with Gasteiger partial charge in [-0.15, -0.1) is 0 Å². The third-order valence-corrected chi connectivity index (χ3v) is 6.04. The number of carbonyl (C=O) groups excluding carboxylic acids is 1. The molecule has 1 aromatic rings. The Bertz CT molecular complexity index is 688. The monoisotopic (exact) mass is 415 g/mol. The molecule has 0 aliphatic carbocycles. The molecule has 2 fully saturated rings. The minimum Gasteiger partial charge on any atom is -0.381 e. The molecule has 3 unspecified atom stereocenters. The van der Waals surface area contributed by atoms with Crippen LogP contribution in [0.2, 0.25) is 0 Å². The molecule has 2 N–H and O–H groups in total. The molecule has 1 amide bonds. The number of piperidine rings is 1. The first-order valence-corrected chi connectivity index (χ1v) is 11.1. The Morgan fingerprint density at radius 1 is 1.27 bits per heavy atom. The lowest BCUT2D eigenvalue weighted by atomic mass is 9.97. The summed E-state index contributed by atoms with van der Waals surface area (Å²) in [6, 6.07) is 11.5. The zero-order chi connectivity index (χ0) is 21.3. The first-order chi connectivity index (χ1) is 14.5. The van der Waals surface area contributed by atoms with E-state index in [-0.39, 0.29) is 12.5 Å². The van der Waals surface area contributed by atoms with E-state index in [9.17, 15) is 4.79 Å². The Morgan fingerprint density at radius 2 is 2.07 bits per heavy atom. The Hall–Kier alpha value is -2.12. The first-order valence-electron chi connectivity index (χ1n) is 11.1. The summed E-state index contributed by atoms with van der Waals surface area (Å²) in [5.41, 5.74) is 1.36. The summed E-state index contributed by atoms with van der Waals surface area (Å²) in [7, 11) is 3.52. The van der Waals surface area contributed by atoms with E-state index in [1.807, 2.05) is 0 Å². The van der Waals surface area contributed by atoms with Gasteiger partial charge >= 0.3 is 0 Å². The highest BCUT2D eigenvalue weighted by molar-refractivity contribution is 5.84. The van der Waals surface area contributed by atoms with Gasteiger partial charge in [-0.1, -0.05) is 30.3 Å². The smallest absolute Gasteiger partial charge is 0.243 e. The van der Waals surface area contributed by atoms with E-state index in [4.69, 9.17) is 4.74 Å². The molecule has 2 aliphatic rings. The van der Waals surface area contributed by atoms with Crippen molar-refractivity contribution in [1.29, 1.82) is 0 Å². The van der Waals surface area contributed by atoms with Crippen LogP contribution in [0.1, 0.15) is 31.7 Å². The van der Waals surface area contributed by atoms with E-state index >= 15 is 0 Å². The second kappa shape index (κ2) is 11.3. The summed E-state index contributed by atoms with van der Waals surface area (Å²) in [5, 5.41) is 7.03. The van der Waals surface area contributed by atoms with Gasteiger partial charge in [-0.3, -0.25) is 9.69 Å².